The van der Waals surface area contributed by atoms with Gasteiger partial charge in [0, 0.05) is 50.9 Å². The third-order valence-electron chi connectivity index (χ3n) is 4.97. The van der Waals surface area contributed by atoms with E-state index >= 15 is 0 Å². The number of amides is 1. The molecule has 0 radical (unpaired) electrons. The number of carbonyl (C=O) groups excluding carboxylic acids is 1. The van der Waals surface area contributed by atoms with Crippen LogP contribution < -0.4 is 4.90 Å². The molecule has 0 spiro atoms. The zero-order valence-corrected chi connectivity index (χ0v) is 14.1. The molecule has 1 aromatic rings. The Morgan fingerprint density at radius 1 is 1.12 bits per heavy atom. The van der Waals surface area contributed by atoms with Gasteiger partial charge in [-0.15, -0.1) is 0 Å². The summed E-state index contributed by atoms with van der Waals surface area (Å²) in [4.78, 5) is 29.9. The molecule has 0 saturated carbocycles. The zero-order chi connectivity index (χ0) is 17.1. The predicted octanol–water partition coefficient (Wildman–Crippen LogP) is 1.97. The van der Waals surface area contributed by atoms with Crippen LogP contribution in [0.25, 0.3) is 0 Å². The van der Waals surface area contributed by atoms with Crippen LogP contribution in [0.5, 0.6) is 0 Å². The Balaban J connectivity index is 1.79. The minimum atomic E-state index is -0.376. The third kappa shape index (κ3) is 3.36. The average molecular weight is 332 g/mol. The SMILES string of the molecule is CCN1CCN(C(=O)c2ccc(N3CCCC3)c([N+](=O)[O-])c2)CC1. The molecule has 2 saturated heterocycles. The van der Waals surface area contributed by atoms with E-state index in [1.54, 1.807) is 17.0 Å². The van der Waals surface area contributed by atoms with E-state index in [4.69, 9.17) is 0 Å². The van der Waals surface area contributed by atoms with Crippen LogP contribution in [-0.2, 0) is 0 Å². The quantitative estimate of drug-likeness (QED) is 0.623. The highest BCUT2D eigenvalue weighted by Crippen LogP contribution is 2.32. The van der Waals surface area contributed by atoms with Crippen molar-refractivity contribution < 1.29 is 9.72 Å². The molecule has 2 aliphatic rings. The Kier molecular flexibility index (Phi) is 4.99. The minimum absolute atomic E-state index is 0.0370. The highest BCUT2D eigenvalue weighted by Gasteiger charge is 2.26. The minimum Gasteiger partial charge on any atom is -0.366 e. The number of likely N-dealkylation sites (N-methyl/N-ethyl adjacent to an activating group) is 1. The van der Waals surface area contributed by atoms with Crippen LogP contribution in [0, 0.1) is 10.1 Å². The number of nitro groups is 1. The Bertz CT molecular complexity index is 620. The van der Waals surface area contributed by atoms with Crippen LogP contribution in [0.15, 0.2) is 18.2 Å². The van der Waals surface area contributed by atoms with E-state index in [1.807, 2.05) is 4.90 Å². The van der Waals surface area contributed by atoms with Crippen molar-refractivity contribution in [1.29, 1.82) is 0 Å². The predicted molar refractivity (Wildman–Crippen MR) is 92.6 cm³/mol. The lowest BCUT2D eigenvalue weighted by Crippen LogP contribution is -2.48. The fourth-order valence-corrected chi connectivity index (χ4v) is 3.48. The highest BCUT2D eigenvalue weighted by atomic mass is 16.6. The summed E-state index contributed by atoms with van der Waals surface area (Å²) in [5.41, 5.74) is 1.08. The van der Waals surface area contributed by atoms with Crippen molar-refractivity contribution in [3.8, 4) is 0 Å². The van der Waals surface area contributed by atoms with Gasteiger partial charge < -0.3 is 14.7 Å². The molecule has 0 N–H and O–H groups in total. The Morgan fingerprint density at radius 2 is 1.79 bits per heavy atom. The summed E-state index contributed by atoms with van der Waals surface area (Å²) in [6.07, 6.45) is 2.11. The van der Waals surface area contributed by atoms with Crippen LogP contribution in [0.2, 0.25) is 0 Å². The van der Waals surface area contributed by atoms with E-state index in [2.05, 4.69) is 11.8 Å². The number of benzene rings is 1. The molecular formula is C17H24N4O3. The molecule has 2 heterocycles. The van der Waals surface area contributed by atoms with Gasteiger partial charge in [-0.25, -0.2) is 0 Å². The van der Waals surface area contributed by atoms with Crippen LogP contribution in [0.3, 0.4) is 0 Å². The molecule has 3 rings (SSSR count). The maximum atomic E-state index is 12.7. The molecule has 2 fully saturated rings. The first kappa shape index (κ1) is 16.7. The topological polar surface area (TPSA) is 69.9 Å². The van der Waals surface area contributed by atoms with Crippen LogP contribution in [0.4, 0.5) is 11.4 Å². The van der Waals surface area contributed by atoms with Crippen molar-refractivity contribution in [1.82, 2.24) is 9.80 Å². The molecule has 24 heavy (non-hydrogen) atoms. The number of hydrogen-bond donors (Lipinski definition) is 0. The number of piperazine rings is 1. The zero-order valence-electron chi connectivity index (χ0n) is 14.1. The molecule has 0 aromatic heterocycles. The van der Waals surface area contributed by atoms with Crippen molar-refractivity contribution in [3.05, 3.63) is 33.9 Å². The second-order valence-electron chi connectivity index (χ2n) is 6.38. The normalized spacial score (nSPS) is 18.9. The summed E-state index contributed by atoms with van der Waals surface area (Å²) >= 11 is 0. The van der Waals surface area contributed by atoms with E-state index in [1.165, 1.54) is 6.07 Å². The van der Waals surface area contributed by atoms with E-state index < -0.39 is 0 Å². The van der Waals surface area contributed by atoms with Crippen molar-refractivity contribution in [3.63, 3.8) is 0 Å². The molecule has 2 aliphatic heterocycles. The summed E-state index contributed by atoms with van der Waals surface area (Å²) < 4.78 is 0. The standard InChI is InChI=1S/C17H24N4O3/c1-2-18-9-11-20(12-10-18)17(22)14-5-6-15(16(13-14)21(23)24)19-7-3-4-8-19/h5-6,13H,2-4,7-12H2,1H3. The Morgan fingerprint density at radius 3 is 2.38 bits per heavy atom. The van der Waals surface area contributed by atoms with Crippen LogP contribution in [-0.4, -0.2) is 66.4 Å². The summed E-state index contributed by atoms with van der Waals surface area (Å²) in [7, 11) is 0. The van der Waals surface area contributed by atoms with Gasteiger partial charge >= 0.3 is 0 Å². The van der Waals surface area contributed by atoms with Crippen LogP contribution in [0.1, 0.15) is 30.1 Å². The lowest BCUT2D eigenvalue weighted by atomic mass is 10.1. The lowest BCUT2D eigenvalue weighted by Gasteiger charge is -2.34. The fraction of sp³-hybridized carbons (Fsp3) is 0.588. The molecule has 130 valence electrons. The van der Waals surface area contributed by atoms with Gasteiger partial charge in [0.05, 0.1) is 4.92 Å². The molecular weight excluding hydrogens is 308 g/mol. The molecule has 1 aromatic carbocycles. The second kappa shape index (κ2) is 7.17. The van der Waals surface area contributed by atoms with Gasteiger partial charge in [0.1, 0.15) is 5.69 Å². The van der Waals surface area contributed by atoms with E-state index in [0.717, 1.165) is 45.6 Å². The first-order valence-electron chi connectivity index (χ1n) is 8.65. The lowest BCUT2D eigenvalue weighted by molar-refractivity contribution is -0.384. The first-order valence-corrected chi connectivity index (χ1v) is 8.65. The monoisotopic (exact) mass is 332 g/mol. The maximum absolute atomic E-state index is 12.7. The van der Waals surface area contributed by atoms with Crippen molar-refractivity contribution in [2.45, 2.75) is 19.8 Å². The number of rotatable bonds is 4. The average Bonchev–Trinajstić information content (AvgIpc) is 3.15. The first-order chi connectivity index (χ1) is 11.6. The summed E-state index contributed by atoms with van der Waals surface area (Å²) in [5.74, 6) is -0.109. The highest BCUT2D eigenvalue weighted by molar-refractivity contribution is 5.96. The number of hydrogen-bond acceptors (Lipinski definition) is 5. The van der Waals surface area contributed by atoms with Crippen molar-refractivity contribution in [2.24, 2.45) is 0 Å². The van der Waals surface area contributed by atoms with Crippen molar-refractivity contribution in [2.75, 3.05) is 50.7 Å². The van der Waals surface area contributed by atoms with Gasteiger partial charge in [-0.2, -0.15) is 0 Å². The van der Waals surface area contributed by atoms with E-state index in [-0.39, 0.29) is 16.5 Å². The number of nitro benzene ring substituents is 1. The fourth-order valence-electron chi connectivity index (χ4n) is 3.48. The van der Waals surface area contributed by atoms with Gasteiger partial charge in [0.15, 0.2) is 0 Å². The summed E-state index contributed by atoms with van der Waals surface area (Å²) in [5, 5.41) is 11.5. The molecule has 0 aliphatic carbocycles. The molecule has 0 unspecified atom stereocenters. The van der Waals surface area contributed by atoms with Gasteiger partial charge in [0.25, 0.3) is 11.6 Å². The van der Waals surface area contributed by atoms with Gasteiger partial charge in [0.2, 0.25) is 0 Å². The van der Waals surface area contributed by atoms with Gasteiger partial charge in [-0.1, -0.05) is 6.92 Å². The van der Waals surface area contributed by atoms with Crippen molar-refractivity contribution >= 4 is 17.3 Å². The third-order valence-corrected chi connectivity index (χ3v) is 4.97. The number of carbonyl (C=O) groups is 1. The molecule has 7 heteroatoms. The van der Waals surface area contributed by atoms with E-state index in [0.29, 0.717) is 24.3 Å². The Labute approximate surface area is 142 Å². The molecule has 1 amide bonds. The summed E-state index contributed by atoms with van der Waals surface area (Å²) in [6, 6.07) is 4.91. The maximum Gasteiger partial charge on any atom is 0.293 e. The van der Waals surface area contributed by atoms with E-state index in [9.17, 15) is 14.9 Å². The number of nitrogens with zero attached hydrogens (tertiary/aromatic N) is 4. The largest absolute Gasteiger partial charge is 0.366 e. The summed E-state index contributed by atoms with van der Waals surface area (Å²) in [6.45, 7) is 7.84. The molecule has 7 nitrogen and oxygen atoms in total. The smallest absolute Gasteiger partial charge is 0.293 e. The van der Waals surface area contributed by atoms with Gasteiger partial charge in [-0.3, -0.25) is 14.9 Å². The second-order valence-corrected chi connectivity index (χ2v) is 6.38. The molecule has 0 atom stereocenters. The van der Waals surface area contributed by atoms with Crippen LogP contribution >= 0.6 is 0 Å². The number of anilines is 1. The molecule has 0 bridgehead atoms. The van der Waals surface area contributed by atoms with Gasteiger partial charge in [-0.05, 0) is 31.5 Å². The Hall–Kier alpha value is -2.15.